The summed E-state index contributed by atoms with van der Waals surface area (Å²) in [4.78, 5) is 0. The Morgan fingerprint density at radius 1 is 1.00 bits per heavy atom. The maximum absolute atomic E-state index is 5.95. The molecule has 0 spiro atoms. The van der Waals surface area contributed by atoms with Gasteiger partial charge in [-0.05, 0) is 36.1 Å². The summed E-state index contributed by atoms with van der Waals surface area (Å²) in [6.45, 7) is 14.7. The molecule has 0 aliphatic heterocycles. The van der Waals surface area contributed by atoms with Crippen molar-refractivity contribution in [2.24, 2.45) is 22.5 Å². The number of rotatable bonds is 6. The topological polar surface area (TPSA) is 26.0 Å². The molecule has 0 rings (SSSR count). The average molecular weight is 199 g/mol. The molecule has 0 radical (unpaired) electrons. The molecule has 0 bridgehead atoms. The van der Waals surface area contributed by atoms with Crippen molar-refractivity contribution in [2.45, 2.75) is 60.8 Å². The number of nitrogens with two attached hydrogens (primary N) is 1. The van der Waals surface area contributed by atoms with Gasteiger partial charge in [-0.2, -0.15) is 0 Å². The molecule has 0 aromatic heterocycles. The zero-order valence-corrected chi connectivity index (χ0v) is 11.0. The molecule has 2 N–H and O–H groups in total. The van der Waals surface area contributed by atoms with E-state index in [2.05, 4.69) is 41.5 Å². The van der Waals surface area contributed by atoms with E-state index in [0.29, 0.717) is 10.8 Å². The van der Waals surface area contributed by atoms with Crippen LogP contribution in [0.25, 0.3) is 0 Å². The van der Waals surface area contributed by atoms with Crippen LogP contribution in [0.5, 0.6) is 0 Å². The lowest BCUT2D eigenvalue weighted by Crippen LogP contribution is -2.43. The molecular weight excluding hydrogens is 170 g/mol. The van der Waals surface area contributed by atoms with Gasteiger partial charge >= 0.3 is 0 Å². The van der Waals surface area contributed by atoms with Crippen molar-refractivity contribution < 1.29 is 0 Å². The largest absolute Gasteiger partial charge is 0.330 e. The third-order valence-corrected chi connectivity index (χ3v) is 4.33. The third-order valence-electron chi connectivity index (χ3n) is 4.33. The molecule has 1 nitrogen and oxygen atoms in total. The highest BCUT2D eigenvalue weighted by Gasteiger charge is 2.40. The smallest absolute Gasteiger partial charge is 0.00181 e. The monoisotopic (exact) mass is 199 g/mol. The minimum Gasteiger partial charge on any atom is -0.330 e. The summed E-state index contributed by atoms with van der Waals surface area (Å²) in [6, 6.07) is 0. The molecule has 0 aliphatic carbocycles. The maximum Gasteiger partial charge on any atom is -0.00181 e. The average Bonchev–Trinajstić information content (AvgIpc) is 2.15. The van der Waals surface area contributed by atoms with Crippen LogP contribution in [0.2, 0.25) is 0 Å². The van der Waals surface area contributed by atoms with Crippen LogP contribution >= 0.6 is 0 Å². The SMILES string of the molecule is CCC(C)(CN)C(C)(CC)CC(C)C. The molecule has 2 unspecified atom stereocenters. The quantitative estimate of drug-likeness (QED) is 0.691. The summed E-state index contributed by atoms with van der Waals surface area (Å²) in [5, 5.41) is 0. The Bertz CT molecular complexity index is 159. The summed E-state index contributed by atoms with van der Waals surface area (Å²) in [6.07, 6.45) is 3.69. The van der Waals surface area contributed by atoms with Gasteiger partial charge < -0.3 is 5.73 Å². The van der Waals surface area contributed by atoms with E-state index in [4.69, 9.17) is 5.73 Å². The Labute approximate surface area is 90.5 Å². The lowest BCUT2D eigenvalue weighted by molar-refractivity contribution is 0.0444. The Kier molecular flexibility index (Phi) is 5.14. The molecule has 86 valence electrons. The van der Waals surface area contributed by atoms with Crippen LogP contribution in [-0.4, -0.2) is 6.54 Å². The first-order valence-electron chi connectivity index (χ1n) is 6.05. The summed E-state index contributed by atoms with van der Waals surface area (Å²) >= 11 is 0. The highest BCUT2D eigenvalue weighted by molar-refractivity contribution is 4.92. The molecule has 0 amide bonds. The van der Waals surface area contributed by atoms with Gasteiger partial charge in [-0.25, -0.2) is 0 Å². The van der Waals surface area contributed by atoms with E-state index in [9.17, 15) is 0 Å². The van der Waals surface area contributed by atoms with E-state index >= 15 is 0 Å². The van der Waals surface area contributed by atoms with Gasteiger partial charge in [0.15, 0.2) is 0 Å². The van der Waals surface area contributed by atoms with Crippen LogP contribution in [0.4, 0.5) is 0 Å². The Hall–Kier alpha value is -0.0400. The second kappa shape index (κ2) is 5.16. The van der Waals surface area contributed by atoms with Crippen molar-refractivity contribution in [1.82, 2.24) is 0 Å². The van der Waals surface area contributed by atoms with Crippen molar-refractivity contribution in [3.63, 3.8) is 0 Å². The predicted molar refractivity (Wildman–Crippen MR) is 65.3 cm³/mol. The van der Waals surface area contributed by atoms with Crippen molar-refractivity contribution in [3.8, 4) is 0 Å². The molecule has 0 aliphatic rings. The van der Waals surface area contributed by atoms with Crippen molar-refractivity contribution in [1.29, 1.82) is 0 Å². The summed E-state index contributed by atoms with van der Waals surface area (Å²) in [5.74, 6) is 0.761. The van der Waals surface area contributed by atoms with E-state index in [1.165, 1.54) is 19.3 Å². The minimum absolute atomic E-state index is 0.298. The Balaban J connectivity index is 4.80. The number of hydrogen-bond donors (Lipinski definition) is 1. The highest BCUT2D eigenvalue weighted by Crippen LogP contribution is 2.47. The standard InChI is InChI=1S/C13H29N/c1-7-12(5,9-11(3)4)13(6,8-2)10-14/h11H,7-10,14H2,1-6H3. The summed E-state index contributed by atoms with van der Waals surface area (Å²) < 4.78 is 0. The molecule has 0 fully saturated rings. The van der Waals surface area contributed by atoms with Gasteiger partial charge in [-0.15, -0.1) is 0 Å². The van der Waals surface area contributed by atoms with E-state index in [1.54, 1.807) is 0 Å². The van der Waals surface area contributed by atoms with Gasteiger partial charge in [-0.3, -0.25) is 0 Å². The summed E-state index contributed by atoms with van der Waals surface area (Å²) in [5.41, 5.74) is 6.65. The number of hydrogen-bond acceptors (Lipinski definition) is 1. The fourth-order valence-corrected chi connectivity index (χ4v) is 2.54. The fraction of sp³-hybridized carbons (Fsp3) is 1.00. The molecule has 0 saturated heterocycles. The zero-order valence-electron chi connectivity index (χ0n) is 11.0. The van der Waals surface area contributed by atoms with E-state index in [-0.39, 0.29) is 0 Å². The van der Waals surface area contributed by atoms with Crippen LogP contribution in [0.1, 0.15) is 60.8 Å². The van der Waals surface area contributed by atoms with Gasteiger partial charge in [0, 0.05) is 0 Å². The van der Waals surface area contributed by atoms with E-state index < -0.39 is 0 Å². The fourth-order valence-electron chi connectivity index (χ4n) is 2.54. The van der Waals surface area contributed by atoms with E-state index in [0.717, 1.165) is 12.5 Å². The lowest BCUT2D eigenvalue weighted by atomic mass is 9.59. The molecule has 0 heterocycles. The Morgan fingerprint density at radius 3 is 1.64 bits per heavy atom. The molecule has 0 aromatic rings. The molecule has 0 aromatic carbocycles. The molecule has 1 heteroatoms. The molecular formula is C13H29N. The van der Waals surface area contributed by atoms with Crippen LogP contribution in [0.3, 0.4) is 0 Å². The second-order valence-corrected chi connectivity index (χ2v) is 5.63. The zero-order chi connectivity index (χ0) is 11.4. The van der Waals surface area contributed by atoms with Gasteiger partial charge in [0.1, 0.15) is 0 Å². The van der Waals surface area contributed by atoms with Gasteiger partial charge in [0.05, 0.1) is 0 Å². The predicted octanol–water partition coefficient (Wildman–Crippen LogP) is 3.82. The third kappa shape index (κ3) is 2.73. The van der Waals surface area contributed by atoms with Gasteiger partial charge in [0.25, 0.3) is 0 Å². The highest BCUT2D eigenvalue weighted by atomic mass is 14.6. The van der Waals surface area contributed by atoms with Crippen LogP contribution in [-0.2, 0) is 0 Å². The van der Waals surface area contributed by atoms with E-state index in [1.807, 2.05) is 0 Å². The van der Waals surface area contributed by atoms with Crippen LogP contribution in [0.15, 0.2) is 0 Å². The second-order valence-electron chi connectivity index (χ2n) is 5.63. The molecule has 0 saturated carbocycles. The molecule has 14 heavy (non-hydrogen) atoms. The molecule has 2 atom stereocenters. The van der Waals surface area contributed by atoms with Crippen molar-refractivity contribution in [3.05, 3.63) is 0 Å². The lowest BCUT2D eigenvalue weighted by Gasteiger charge is -2.46. The maximum atomic E-state index is 5.95. The van der Waals surface area contributed by atoms with Crippen molar-refractivity contribution in [2.75, 3.05) is 6.54 Å². The Morgan fingerprint density at radius 2 is 1.43 bits per heavy atom. The normalized spacial score (nSPS) is 20.6. The van der Waals surface area contributed by atoms with Gasteiger partial charge in [-0.1, -0.05) is 48.0 Å². The van der Waals surface area contributed by atoms with Gasteiger partial charge in [0.2, 0.25) is 0 Å². The van der Waals surface area contributed by atoms with Crippen molar-refractivity contribution >= 4 is 0 Å². The summed E-state index contributed by atoms with van der Waals surface area (Å²) in [7, 11) is 0. The first-order chi connectivity index (χ1) is 6.35. The van der Waals surface area contributed by atoms with Crippen LogP contribution < -0.4 is 5.73 Å². The first kappa shape index (κ1) is 14.0. The van der Waals surface area contributed by atoms with Crippen LogP contribution in [0, 0.1) is 16.7 Å². The minimum atomic E-state index is 0.298. The first-order valence-corrected chi connectivity index (χ1v) is 6.05.